The van der Waals surface area contributed by atoms with Gasteiger partial charge in [-0.25, -0.2) is 9.59 Å². The van der Waals surface area contributed by atoms with Crippen LogP contribution >= 0.6 is 0 Å². The van der Waals surface area contributed by atoms with Crippen molar-refractivity contribution in [3.05, 3.63) is 24.0 Å². The molecule has 0 atom stereocenters. The van der Waals surface area contributed by atoms with Crippen LogP contribution in [0.25, 0.3) is 0 Å². The van der Waals surface area contributed by atoms with E-state index < -0.39 is 11.2 Å². The lowest BCUT2D eigenvalue weighted by atomic mass is 10.0. The molecule has 3 heterocycles. The Labute approximate surface area is 202 Å². The second kappa shape index (κ2) is 10.3. The number of rotatable bonds is 3. The molecule has 1 aromatic heterocycles. The van der Waals surface area contributed by atoms with Crippen molar-refractivity contribution in [2.75, 3.05) is 26.2 Å². The van der Waals surface area contributed by atoms with Crippen molar-refractivity contribution in [1.29, 1.82) is 0 Å². The lowest BCUT2D eigenvalue weighted by Crippen LogP contribution is -2.48. The third kappa shape index (κ3) is 7.14. The highest BCUT2D eigenvalue weighted by molar-refractivity contribution is 5.93. The Morgan fingerprint density at radius 3 is 1.76 bits per heavy atom. The minimum Gasteiger partial charge on any atom is -0.444 e. The predicted molar refractivity (Wildman–Crippen MR) is 129 cm³/mol. The molecule has 3 amide bonds. The first kappa shape index (κ1) is 25.9. The fourth-order valence-corrected chi connectivity index (χ4v) is 4.35. The van der Waals surface area contributed by atoms with Gasteiger partial charge in [-0.15, -0.1) is 0 Å². The Morgan fingerprint density at radius 1 is 0.824 bits per heavy atom. The number of aromatic nitrogens is 1. The molecule has 1 N–H and O–H groups in total. The highest BCUT2D eigenvalue weighted by Crippen LogP contribution is 2.26. The van der Waals surface area contributed by atoms with E-state index in [0.29, 0.717) is 44.7 Å². The van der Waals surface area contributed by atoms with E-state index >= 15 is 0 Å². The molecule has 0 bridgehead atoms. The van der Waals surface area contributed by atoms with Gasteiger partial charge in [-0.3, -0.25) is 4.79 Å². The van der Waals surface area contributed by atoms with Crippen molar-refractivity contribution < 1.29 is 23.9 Å². The highest BCUT2D eigenvalue weighted by atomic mass is 16.6. The van der Waals surface area contributed by atoms with Gasteiger partial charge in [0.2, 0.25) is 0 Å². The molecule has 0 unspecified atom stereocenters. The number of ether oxygens (including phenoxy) is 2. The van der Waals surface area contributed by atoms with Crippen LogP contribution in [0.4, 0.5) is 9.59 Å². The first-order chi connectivity index (χ1) is 15.8. The van der Waals surface area contributed by atoms with Crippen molar-refractivity contribution in [2.24, 2.45) is 0 Å². The molecular formula is C25H40N4O5. The van der Waals surface area contributed by atoms with E-state index in [1.165, 1.54) is 0 Å². The summed E-state index contributed by atoms with van der Waals surface area (Å²) in [6.45, 7) is 13.5. The number of likely N-dealkylation sites (tertiary alicyclic amines) is 2. The Morgan fingerprint density at radius 2 is 1.29 bits per heavy atom. The summed E-state index contributed by atoms with van der Waals surface area (Å²) < 4.78 is 12.9. The molecular weight excluding hydrogens is 436 g/mol. The van der Waals surface area contributed by atoms with Gasteiger partial charge < -0.3 is 29.2 Å². The summed E-state index contributed by atoms with van der Waals surface area (Å²) in [5.41, 5.74) is -0.399. The molecule has 34 heavy (non-hydrogen) atoms. The number of hydrogen-bond donors (Lipinski definition) is 1. The minimum absolute atomic E-state index is 0.0172. The molecule has 0 spiro atoms. The van der Waals surface area contributed by atoms with Crippen LogP contribution in [0, 0.1) is 0 Å². The van der Waals surface area contributed by atoms with E-state index in [2.05, 4.69) is 5.32 Å². The van der Waals surface area contributed by atoms with E-state index in [4.69, 9.17) is 9.47 Å². The number of amides is 3. The van der Waals surface area contributed by atoms with Gasteiger partial charge in [-0.2, -0.15) is 0 Å². The normalized spacial score (nSPS) is 18.5. The van der Waals surface area contributed by atoms with Crippen molar-refractivity contribution in [3.63, 3.8) is 0 Å². The average molecular weight is 477 g/mol. The van der Waals surface area contributed by atoms with Crippen LogP contribution in [-0.4, -0.2) is 75.9 Å². The quantitative estimate of drug-likeness (QED) is 0.706. The predicted octanol–water partition coefficient (Wildman–Crippen LogP) is 4.19. The molecule has 190 valence electrons. The Bertz CT molecular complexity index is 867. The van der Waals surface area contributed by atoms with E-state index in [1.807, 2.05) is 64.4 Å². The molecule has 2 fully saturated rings. The lowest BCUT2D eigenvalue weighted by Gasteiger charge is -2.35. The molecule has 2 aliphatic rings. The van der Waals surface area contributed by atoms with E-state index in [-0.39, 0.29) is 30.2 Å². The van der Waals surface area contributed by atoms with Gasteiger partial charge in [0.15, 0.2) is 0 Å². The third-order valence-electron chi connectivity index (χ3n) is 6.00. The molecule has 0 aromatic carbocycles. The molecule has 9 nitrogen and oxygen atoms in total. The molecule has 2 saturated heterocycles. The molecule has 2 aliphatic heterocycles. The summed E-state index contributed by atoms with van der Waals surface area (Å²) in [6, 6.07) is 3.90. The Hall–Kier alpha value is -2.71. The molecule has 0 saturated carbocycles. The second-order valence-electron chi connectivity index (χ2n) is 11.2. The van der Waals surface area contributed by atoms with Crippen LogP contribution in [0.3, 0.4) is 0 Å². The number of carbonyl (C=O) groups is 3. The van der Waals surface area contributed by atoms with Gasteiger partial charge in [0.05, 0.1) is 0 Å². The summed E-state index contributed by atoms with van der Waals surface area (Å²) >= 11 is 0. The van der Waals surface area contributed by atoms with Gasteiger partial charge >= 0.3 is 12.2 Å². The van der Waals surface area contributed by atoms with Gasteiger partial charge in [-0.05, 0) is 79.4 Å². The molecule has 0 radical (unpaired) electrons. The zero-order valence-corrected chi connectivity index (χ0v) is 21.4. The van der Waals surface area contributed by atoms with E-state index in [0.717, 1.165) is 12.8 Å². The number of nitrogens with one attached hydrogen (secondary N) is 1. The zero-order chi connectivity index (χ0) is 25.1. The van der Waals surface area contributed by atoms with Crippen molar-refractivity contribution >= 4 is 18.1 Å². The average Bonchev–Trinajstić information content (AvgIpc) is 3.22. The maximum absolute atomic E-state index is 13.0. The molecule has 9 heteroatoms. The van der Waals surface area contributed by atoms with Crippen LogP contribution in [0.1, 0.15) is 83.8 Å². The first-order valence-electron chi connectivity index (χ1n) is 12.3. The fraction of sp³-hybridized carbons (Fsp3) is 0.720. The van der Waals surface area contributed by atoms with Crippen molar-refractivity contribution in [1.82, 2.24) is 19.7 Å². The van der Waals surface area contributed by atoms with Crippen molar-refractivity contribution in [3.8, 4) is 0 Å². The van der Waals surface area contributed by atoms with Gasteiger partial charge in [-0.1, -0.05) is 0 Å². The summed E-state index contributed by atoms with van der Waals surface area (Å²) in [6.07, 6.45) is 4.27. The third-order valence-corrected chi connectivity index (χ3v) is 6.00. The number of piperidine rings is 2. The Kier molecular flexibility index (Phi) is 7.83. The standard InChI is InChI=1S/C25H40N4O5/c1-24(2,3)33-22(31)27-14-9-18(10-15-27)26-21(30)20-8-7-13-29(20)19-11-16-28(17-12-19)23(32)34-25(4,5)6/h7-8,13,18-19H,9-12,14-17H2,1-6H3,(H,26,30). The summed E-state index contributed by atoms with van der Waals surface area (Å²) in [5, 5.41) is 3.14. The Balaban J connectivity index is 1.50. The van der Waals surface area contributed by atoms with Gasteiger partial charge in [0, 0.05) is 44.5 Å². The van der Waals surface area contributed by atoms with Crippen LogP contribution in [0.2, 0.25) is 0 Å². The number of carbonyl (C=O) groups excluding carboxylic acids is 3. The monoisotopic (exact) mass is 476 g/mol. The van der Waals surface area contributed by atoms with Gasteiger partial charge in [0.25, 0.3) is 5.91 Å². The summed E-state index contributed by atoms with van der Waals surface area (Å²) in [5.74, 6) is -0.102. The molecule has 1 aromatic rings. The van der Waals surface area contributed by atoms with Crippen molar-refractivity contribution in [2.45, 2.75) is 90.5 Å². The summed E-state index contributed by atoms with van der Waals surface area (Å²) in [7, 11) is 0. The van der Waals surface area contributed by atoms with Crippen LogP contribution in [0.5, 0.6) is 0 Å². The smallest absolute Gasteiger partial charge is 0.410 e. The van der Waals surface area contributed by atoms with E-state index in [9.17, 15) is 14.4 Å². The fourth-order valence-electron chi connectivity index (χ4n) is 4.35. The second-order valence-corrected chi connectivity index (χ2v) is 11.2. The first-order valence-corrected chi connectivity index (χ1v) is 12.3. The molecule has 3 rings (SSSR count). The lowest BCUT2D eigenvalue weighted by molar-refractivity contribution is 0.0178. The highest BCUT2D eigenvalue weighted by Gasteiger charge is 2.30. The van der Waals surface area contributed by atoms with Crippen LogP contribution in [-0.2, 0) is 9.47 Å². The zero-order valence-electron chi connectivity index (χ0n) is 21.4. The van der Waals surface area contributed by atoms with Gasteiger partial charge in [0.1, 0.15) is 16.9 Å². The van der Waals surface area contributed by atoms with E-state index in [1.54, 1.807) is 9.80 Å². The minimum atomic E-state index is -0.517. The maximum Gasteiger partial charge on any atom is 0.410 e. The molecule has 0 aliphatic carbocycles. The number of nitrogens with zero attached hydrogens (tertiary/aromatic N) is 3. The largest absolute Gasteiger partial charge is 0.444 e. The topological polar surface area (TPSA) is 93.1 Å². The maximum atomic E-state index is 13.0. The SMILES string of the molecule is CC(C)(C)OC(=O)N1CCC(NC(=O)c2cccn2C2CCN(C(=O)OC(C)(C)C)CC2)CC1. The van der Waals surface area contributed by atoms with Crippen LogP contribution < -0.4 is 5.32 Å². The van der Waals surface area contributed by atoms with Crippen LogP contribution in [0.15, 0.2) is 18.3 Å². The summed E-state index contributed by atoms with van der Waals surface area (Å²) in [4.78, 5) is 41.1. The number of hydrogen-bond acceptors (Lipinski definition) is 5.